The van der Waals surface area contributed by atoms with Crippen LogP contribution in [0.5, 0.6) is 0 Å². The Hall–Kier alpha value is -1.28. The molecule has 0 heterocycles. The molecule has 5 nitrogen and oxygen atoms in total. The van der Waals surface area contributed by atoms with E-state index in [-0.39, 0.29) is 12.0 Å². The van der Waals surface area contributed by atoms with Gasteiger partial charge in [0, 0.05) is 0 Å². The maximum atomic E-state index is 11.4. The molecule has 0 unspecified atom stereocenters. The number of nitrogens with zero attached hydrogens (tertiary/aromatic N) is 1. The number of ether oxygens (including phenoxy) is 1. The van der Waals surface area contributed by atoms with E-state index in [2.05, 4.69) is 11.4 Å². The summed E-state index contributed by atoms with van der Waals surface area (Å²) in [5, 5.41) is 20.9. The third-order valence-electron chi connectivity index (χ3n) is 2.41. The Morgan fingerprint density at radius 3 is 2.56 bits per heavy atom. The lowest BCUT2D eigenvalue weighted by Crippen LogP contribution is -2.42. The lowest BCUT2D eigenvalue weighted by atomic mass is 10.1. The topological polar surface area (TPSA) is 82.3 Å². The van der Waals surface area contributed by atoms with E-state index in [9.17, 15) is 9.90 Å². The highest BCUT2D eigenvalue weighted by Crippen LogP contribution is 2.25. The molecule has 5 heteroatoms. The SMILES string of the molecule is CC(C)(C)OC(=O)N[C@@H]1C[C@H](C#N)C[C@H]1O. The summed E-state index contributed by atoms with van der Waals surface area (Å²) in [6.07, 6.45) is -0.305. The molecule has 16 heavy (non-hydrogen) atoms. The van der Waals surface area contributed by atoms with Crippen molar-refractivity contribution in [1.82, 2.24) is 5.32 Å². The first kappa shape index (κ1) is 12.8. The molecule has 0 aliphatic heterocycles. The number of carbonyl (C=O) groups excluding carboxylic acids is 1. The molecule has 90 valence electrons. The molecule has 0 aromatic heterocycles. The highest BCUT2D eigenvalue weighted by atomic mass is 16.6. The van der Waals surface area contributed by atoms with Crippen LogP contribution in [-0.4, -0.2) is 28.9 Å². The maximum Gasteiger partial charge on any atom is 0.407 e. The van der Waals surface area contributed by atoms with E-state index in [1.807, 2.05) is 0 Å². The molecule has 1 rings (SSSR count). The van der Waals surface area contributed by atoms with Crippen LogP contribution >= 0.6 is 0 Å². The number of hydrogen-bond donors (Lipinski definition) is 2. The van der Waals surface area contributed by atoms with Crippen molar-refractivity contribution in [2.75, 3.05) is 0 Å². The van der Waals surface area contributed by atoms with Gasteiger partial charge in [-0.05, 0) is 33.6 Å². The molecule has 1 aliphatic carbocycles. The van der Waals surface area contributed by atoms with Crippen LogP contribution in [0.2, 0.25) is 0 Å². The number of alkyl carbamates (subject to hydrolysis) is 1. The standard InChI is InChI=1S/C11H18N2O3/c1-11(2,3)16-10(15)13-8-4-7(6-12)5-9(8)14/h7-9,14H,4-5H2,1-3H3,(H,13,15)/t7-,8+,9+/m0/s1. The van der Waals surface area contributed by atoms with Crippen LogP contribution in [-0.2, 0) is 4.74 Å². The van der Waals surface area contributed by atoms with Crippen molar-refractivity contribution < 1.29 is 14.6 Å². The van der Waals surface area contributed by atoms with Gasteiger partial charge in [-0.15, -0.1) is 0 Å². The second-order valence-electron chi connectivity index (χ2n) is 5.12. The van der Waals surface area contributed by atoms with Crippen LogP contribution in [0.1, 0.15) is 33.6 Å². The van der Waals surface area contributed by atoms with Crippen molar-refractivity contribution in [1.29, 1.82) is 5.26 Å². The number of amides is 1. The van der Waals surface area contributed by atoms with Gasteiger partial charge in [0.05, 0.1) is 24.1 Å². The van der Waals surface area contributed by atoms with Gasteiger partial charge in [0.2, 0.25) is 0 Å². The Labute approximate surface area is 95.4 Å². The second kappa shape index (κ2) is 4.71. The van der Waals surface area contributed by atoms with Gasteiger partial charge >= 0.3 is 6.09 Å². The summed E-state index contributed by atoms with van der Waals surface area (Å²) in [5.74, 6) is -0.185. The third kappa shape index (κ3) is 3.70. The van der Waals surface area contributed by atoms with Gasteiger partial charge in [0.15, 0.2) is 0 Å². The molecule has 1 fully saturated rings. The molecule has 0 bridgehead atoms. The van der Waals surface area contributed by atoms with Crippen LogP contribution in [0, 0.1) is 17.2 Å². The van der Waals surface area contributed by atoms with E-state index >= 15 is 0 Å². The minimum absolute atomic E-state index is 0.185. The Kier molecular flexibility index (Phi) is 3.76. The Morgan fingerprint density at radius 2 is 2.12 bits per heavy atom. The molecule has 0 saturated heterocycles. The molecule has 2 N–H and O–H groups in total. The molecule has 0 aromatic rings. The summed E-state index contributed by atoms with van der Waals surface area (Å²) in [5.41, 5.74) is -0.553. The first-order chi connectivity index (χ1) is 7.31. The maximum absolute atomic E-state index is 11.4. The summed E-state index contributed by atoms with van der Waals surface area (Å²) >= 11 is 0. The summed E-state index contributed by atoms with van der Waals surface area (Å²) in [6.45, 7) is 5.32. The fraction of sp³-hybridized carbons (Fsp3) is 0.818. The van der Waals surface area contributed by atoms with Crippen LogP contribution in [0.15, 0.2) is 0 Å². The highest BCUT2D eigenvalue weighted by Gasteiger charge is 2.34. The first-order valence-corrected chi connectivity index (χ1v) is 5.39. The van der Waals surface area contributed by atoms with Crippen LogP contribution in [0.4, 0.5) is 4.79 Å². The summed E-state index contributed by atoms with van der Waals surface area (Å²) < 4.78 is 5.07. The van der Waals surface area contributed by atoms with Crippen LogP contribution < -0.4 is 5.32 Å². The molecule has 1 amide bonds. The van der Waals surface area contributed by atoms with Gasteiger partial charge in [-0.1, -0.05) is 0 Å². The average Bonchev–Trinajstić information content (AvgIpc) is 2.44. The van der Waals surface area contributed by atoms with Crippen molar-refractivity contribution in [3.63, 3.8) is 0 Å². The van der Waals surface area contributed by atoms with Gasteiger partial charge < -0.3 is 15.2 Å². The van der Waals surface area contributed by atoms with E-state index < -0.39 is 17.8 Å². The molecule has 1 saturated carbocycles. The van der Waals surface area contributed by atoms with E-state index in [0.29, 0.717) is 12.8 Å². The summed E-state index contributed by atoms with van der Waals surface area (Å²) in [4.78, 5) is 11.4. The monoisotopic (exact) mass is 226 g/mol. The minimum Gasteiger partial charge on any atom is -0.444 e. The molecule has 0 spiro atoms. The smallest absolute Gasteiger partial charge is 0.407 e. The van der Waals surface area contributed by atoms with Gasteiger partial charge in [-0.2, -0.15) is 5.26 Å². The zero-order valence-corrected chi connectivity index (χ0v) is 9.86. The molecule has 1 aliphatic rings. The second-order valence-corrected chi connectivity index (χ2v) is 5.12. The van der Waals surface area contributed by atoms with E-state index in [1.54, 1.807) is 20.8 Å². The Bertz CT molecular complexity index is 303. The van der Waals surface area contributed by atoms with E-state index in [1.165, 1.54) is 0 Å². The zero-order chi connectivity index (χ0) is 12.3. The molecule has 0 aromatic carbocycles. The largest absolute Gasteiger partial charge is 0.444 e. The van der Waals surface area contributed by atoms with Gasteiger partial charge in [0.1, 0.15) is 5.60 Å². The van der Waals surface area contributed by atoms with E-state index in [0.717, 1.165) is 0 Å². The van der Waals surface area contributed by atoms with Crippen molar-refractivity contribution in [3.05, 3.63) is 0 Å². The summed E-state index contributed by atoms with van der Waals surface area (Å²) in [6, 6.07) is 1.72. The molecule has 0 radical (unpaired) electrons. The number of carbonyl (C=O) groups is 1. The average molecular weight is 226 g/mol. The third-order valence-corrected chi connectivity index (χ3v) is 2.41. The Balaban J connectivity index is 2.44. The molecule has 3 atom stereocenters. The first-order valence-electron chi connectivity index (χ1n) is 5.39. The number of nitriles is 1. The number of aliphatic hydroxyl groups is 1. The fourth-order valence-corrected chi connectivity index (χ4v) is 1.74. The lowest BCUT2D eigenvalue weighted by molar-refractivity contribution is 0.0450. The number of nitrogens with one attached hydrogen (secondary N) is 1. The highest BCUT2D eigenvalue weighted by molar-refractivity contribution is 5.68. The number of hydrogen-bond acceptors (Lipinski definition) is 4. The zero-order valence-electron chi connectivity index (χ0n) is 9.86. The van der Waals surface area contributed by atoms with Gasteiger partial charge in [0.25, 0.3) is 0 Å². The quantitative estimate of drug-likeness (QED) is 0.703. The van der Waals surface area contributed by atoms with E-state index in [4.69, 9.17) is 10.00 Å². The molecular formula is C11H18N2O3. The van der Waals surface area contributed by atoms with Crippen molar-refractivity contribution in [2.24, 2.45) is 5.92 Å². The Morgan fingerprint density at radius 1 is 1.50 bits per heavy atom. The predicted octanol–water partition coefficient (Wildman–Crippen LogP) is 1.17. The van der Waals surface area contributed by atoms with Crippen molar-refractivity contribution in [3.8, 4) is 6.07 Å². The minimum atomic E-state index is -0.655. The normalized spacial score (nSPS) is 29.6. The number of rotatable bonds is 1. The molecular weight excluding hydrogens is 208 g/mol. The van der Waals surface area contributed by atoms with Gasteiger partial charge in [-0.25, -0.2) is 4.79 Å². The predicted molar refractivity (Wildman–Crippen MR) is 57.5 cm³/mol. The summed E-state index contributed by atoms with van der Waals surface area (Å²) in [7, 11) is 0. The fourth-order valence-electron chi connectivity index (χ4n) is 1.74. The van der Waals surface area contributed by atoms with Gasteiger partial charge in [-0.3, -0.25) is 0 Å². The van der Waals surface area contributed by atoms with Crippen LogP contribution in [0.3, 0.4) is 0 Å². The van der Waals surface area contributed by atoms with Crippen molar-refractivity contribution in [2.45, 2.75) is 51.4 Å². The van der Waals surface area contributed by atoms with Crippen LogP contribution in [0.25, 0.3) is 0 Å². The number of aliphatic hydroxyl groups excluding tert-OH is 1. The van der Waals surface area contributed by atoms with Crippen molar-refractivity contribution >= 4 is 6.09 Å². The lowest BCUT2D eigenvalue weighted by Gasteiger charge is -2.22.